The Balaban J connectivity index is 2.35. The zero-order chi connectivity index (χ0) is 6.85. The van der Waals surface area contributed by atoms with Gasteiger partial charge in [-0.15, -0.1) is 0 Å². The van der Waals surface area contributed by atoms with Crippen LogP contribution in [0.2, 0.25) is 0 Å². The summed E-state index contributed by atoms with van der Waals surface area (Å²) in [4.78, 5) is 5.46. The lowest BCUT2D eigenvalue weighted by Gasteiger charge is -2.10. The van der Waals surface area contributed by atoms with Crippen molar-refractivity contribution in [3.8, 4) is 0 Å². The largest absolute Gasteiger partial charge is 0.296 e. The van der Waals surface area contributed by atoms with Gasteiger partial charge < -0.3 is 0 Å². The van der Waals surface area contributed by atoms with Gasteiger partial charge in [-0.05, 0) is 12.8 Å². The van der Waals surface area contributed by atoms with Crippen molar-refractivity contribution < 1.29 is 4.84 Å². The maximum Gasteiger partial charge on any atom is 0.0803 e. The maximum atomic E-state index is 5.46. The standard InChI is InChI=1S/C7H15NO/c1-4-8-5-6(2)7(3)9-8/h6-7H,4-5H2,1-3H3/t6-,7+/m1/s1. The van der Waals surface area contributed by atoms with Crippen molar-refractivity contribution in [1.82, 2.24) is 5.06 Å². The third-order valence-electron chi connectivity index (χ3n) is 1.96. The third-order valence-corrected chi connectivity index (χ3v) is 1.96. The molecule has 0 aromatic heterocycles. The molecule has 0 aromatic carbocycles. The minimum Gasteiger partial charge on any atom is -0.296 e. The fraction of sp³-hybridized carbons (Fsp3) is 1.00. The number of nitrogens with zero attached hydrogens (tertiary/aromatic N) is 1. The van der Waals surface area contributed by atoms with Crippen molar-refractivity contribution in [2.75, 3.05) is 13.1 Å². The maximum absolute atomic E-state index is 5.46. The van der Waals surface area contributed by atoms with Crippen LogP contribution in [0.4, 0.5) is 0 Å². The fourth-order valence-electron chi connectivity index (χ4n) is 1.06. The predicted molar refractivity (Wildman–Crippen MR) is 37.0 cm³/mol. The monoisotopic (exact) mass is 129 g/mol. The van der Waals surface area contributed by atoms with Crippen LogP contribution in [0.5, 0.6) is 0 Å². The molecule has 2 atom stereocenters. The van der Waals surface area contributed by atoms with E-state index in [1.807, 2.05) is 5.06 Å². The molecular weight excluding hydrogens is 114 g/mol. The quantitative estimate of drug-likeness (QED) is 0.528. The third kappa shape index (κ3) is 1.43. The van der Waals surface area contributed by atoms with E-state index in [0.29, 0.717) is 12.0 Å². The summed E-state index contributed by atoms with van der Waals surface area (Å²) in [6, 6.07) is 0. The molecule has 0 amide bonds. The molecule has 0 saturated carbocycles. The van der Waals surface area contributed by atoms with E-state index in [1.165, 1.54) is 0 Å². The molecule has 0 aliphatic carbocycles. The van der Waals surface area contributed by atoms with Crippen LogP contribution in [-0.2, 0) is 4.84 Å². The van der Waals surface area contributed by atoms with Crippen LogP contribution in [0.25, 0.3) is 0 Å². The molecule has 0 N–H and O–H groups in total. The lowest BCUT2D eigenvalue weighted by atomic mass is 10.1. The number of rotatable bonds is 1. The minimum absolute atomic E-state index is 0.421. The Morgan fingerprint density at radius 2 is 2.22 bits per heavy atom. The molecule has 1 rings (SSSR count). The molecule has 0 aromatic rings. The Morgan fingerprint density at radius 3 is 2.44 bits per heavy atom. The van der Waals surface area contributed by atoms with Crippen LogP contribution in [0.3, 0.4) is 0 Å². The molecule has 54 valence electrons. The molecule has 0 spiro atoms. The van der Waals surface area contributed by atoms with E-state index in [4.69, 9.17) is 4.84 Å². The van der Waals surface area contributed by atoms with Gasteiger partial charge in [0.25, 0.3) is 0 Å². The van der Waals surface area contributed by atoms with Crippen molar-refractivity contribution in [3.63, 3.8) is 0 Å². The van der Waals surface area contributed by atoms with Gasteiger partial charge in [0.2, 0.25) is 0 Å². The molecule has 2 heteroatoms. The molecule has 0 radical (unpaired) electrons. The van der Waals surface area contributed by atoms with Gasteiger partial charge in [-0.3, -0.25) is 4.84 Å². The predicted octanol–water partition coefficient (Wildman–Crippen LogP) is 1.28. The average Bonchev–Trinajstić information content (AvgIpc) is 2.13. The first-order chi connectivity index (χ1) is 4.24. The molecule has 1 fully saturated rings. The highest BCUT2D eigenvalue weighted by molar-refractivity contribution is 4.68. The molecule has 1 aliphatic rings. The summed E-state index contributed by atoms with van der Waals surface area (Å²) in [6.45, 7) is 8.57. The van der Waals surface area contributed by atoms with Gasteiger partial charge in [0.1, 0.15) is 0 Å². The number of hydrogen-bond donors (Lipinski definition) is 0. The average molecular weight is 129 g/mol. The molecule has 2 nitrogen and oxygen atoms in total. The van der Waals surface area contributed by atoms with Gasteiger partial charge in [-0.1, -0.05) is 13.8 Å². The zero-order valence-electron chi connectivity index (χ0n) is 6.42. The second-order valence-electron chi connectivity index (χ2n) is 2.77. The first kappa shape index (κ1) is 7.03. The topological polar surface area (TPSA) is 12.5 Å². The molecular formula is C7H15NO. The highest BCUT2D eigenvalue weighted by Gasteiger charge is 2.25. The van der Waals surface area contributed by atoms with Crippen LogP contribution >= 0.6 is 0 Å². The highest BCUT2D eigenvalue weighted by atomic mass is 16.7. The van der Waals surface area contributed by atoms with Gasteiger partial charge in [-0.2, -0.15) is 5.06 Å². The van der Waals surface area contributed by atoms with Crippen molar-refractivity contribution in [2.24, 2.45) is 5.92 Å². The lowest BCUT2D eigenvalue weighted by molar-refractivity contribution is -0.137. The number of hydroxylamine groups is 2. The Kier molecular flexibility index (Phi) is 2.09. The first-order valence-corrected chi connectivity index (χ1v) is 3.65. The van der Waals surface area contributed by atoms with Gasteiger partial charge in [0.15, 0.2) is 0 Å². The second kappa shape index (κ2) is 2.67. The summed E-state index contributed by atoms with van der Waals surface area (Å²) in [6.07, 6.45) is 0.421. The smallest absolute Gasteiger partial charge is 0.0803 e. The van der Waals surface area contributed by atoms with E-state index in [-0.39, 0.29) is 0 Å². The van der Waals surface area contributed by atoms with Crippen LogP contribution in [0, 0.1) is 5.92 Å². The number of hydrogen-bond acceptors (Lipinski definition) is 2. The lowest BCUT2D eigenvalue weighted by Crippen LogP contribution is -2.17. The minimum atomic E-state index is 0.421. The Labute approximate surface area is 56.8 Å². The Hall–Kier alpha value is -0.0800. The Bertz CT molecular complexity index is 84.9. The van der Waals surface area contributed by atoms with E-state index in [9.17, 15) is 0 Å². The summed E-state index contributed by atoms with van der Waals surface area (Å²) in [5.41, 5.74) is 0. The summed E-state index contributed by atoms with van der Waals surface area (Å²) in [7, 11) is 0. The summed E-state index contributed by atoms with van der Waals surface area (Å²) < 4.78 is 0. The van der Waals surface area contributed by atoms with Gasteiger partial charge in [0.05, 0.1) is 6.10 Å². The van der Waals surface area contributed by atoms with E-state index in [0.717, 1.165) is 13.1 Å². The van der Waals surface area contributed by atoms with Crippen molar-refractivity contribution in [2.45, 2.75) is 26.9 Å². The van der Waals surface area contributed by atoms with Crippen LogP contribution in [-0.4, -0.2) is 24.3 Å². The van der Waals surface area contributed by atoms with E-state index in [2.05, 4.69) is 20.8 Å². The van der Waals surface area contributed by atoms with Crippen LogP contribution in [0.1, 0.15) is 20.8 Å². The van der Waals surface area contributed by atoms with Crippen molar-refractivity contribution >= 4 is 0 Å². The van der Waals surface area contributed by atoms with E-state index >= 15 is 0 Å². The normalized spacial score (nSPS) is 37.7. The van der Waals surface area contributed by atoms with Crippen molar-refractivity contribution in [3.05, 3.63) is 0 Å². The molecule has 1 saturated heterocycles. The zero-order valence-corrected chi connectivity index (χ0v) is 6.42. The fourth-order valence-corrected chi connectivity index (χ4v) is 1.06. The van der Waals surface area contributed by atoms with E-state index < -0.39 is 0 Å². The summed E-state index contributed by atoms with van der Waals surface area (Å²) in [5, 5.41) is 2.02. The highest BCUT2D eigenvalue weighted by Crippen LogP contribution is 2.18. The molecule has 9 heavy (non-hydrogen) atoms. The summed E-state index contributed by atoms with van der Waals surface area (Å²) >= 11 is 0. The van der Waals surface area contributed by atoms with Crippen LogP contribution in [0.15, 0.2) is 0 Å². The van der Waals surface area contributed by atoms with Gasteiger partial charge in [-0.25, -0.2) is 0 Å². The Morgan fingerprint density at radius 1 is 1.56 bits per heavy atom. The molecule has 1 aliphatic heterocycles. The molecule has 0 bridgehead atoms. The summed E-state index contributed by atoms with van der Waals surface area (Å²) in [5.74, 6) is 0.699. The first-order valence-electron chi connectivity index (χ1n) is 3.65. The van der Waals surface area contributed by atoms with Crippen molar-refractivity contribution in [1.29, 1.82) is 0 Å². The SMILES string of the molecule is CCN1C[C@@H](C)[C@H](C)O1. The second-order valence-corrected chi connectivity index (χ2v) is 2.77. The molecule has 0 unspecified atom stereocenters. The molecule has 1 heterocycles. The van der Waals surface area contributed by atoms with E-state index in [1.54, 1.807) is 0 Å². The van der Waals surface area contributed by atoms with Gasteiger partial charge >= 0.3 is 0 Å². The van der Waals surface area contributed by atoms with Gasteiger partial charge in [0, 0.05) is 13.1 Å². The van der Waals surface area contributed by atoms with Crippen LogP contribution < -0.4 is 0 Å².